The quantitative estimate of drug-likeness (QED) is 0.414. The van der Waals surface area contributed by atoms with Gasteiger partial charge in [0.25, 0.3) is 17.7 Å². The molecule has 17 heteroatoms. The van der Waals surface area contributed by atoms with Crippen molar-refractivity contribution < 1.29 is 48.7 Å². The highest BCUT2D eigenvalue weighted by atomic mass is 32.2. The van der Waals surface area contributed by atoms with Crippen LogP contribution in [0.5, 0.6) is 11.8 Å². The molecule has 2 heterocycles. The number of benzene rings is 1. The van der Waals surface area contributed by atoms with Crippen LogP contribution in [0.4, 0.5) is 36.4 Å². The van der Waals surface area contributed by atoms with E-state index in [-0.39, 0.29) is 23.4 Å². The topological polar surface area (TPSA) is 124 Å². The Bertz CT molecular complexity index is 1570. The van der Waals surface area contributed by atoms with E-state index in [1.807, 2.05) is 0 Å². The molecule has 39 heavy (non-hydrogen) atoms. The van der Waals surface area contributed by atoms with Gasteiger partial charge in [-0.2, -0.15) is 31.4 Å². The van der Waals surface area contributed by atoms with Crippen molar-refractivity contribution in [2.45, 2.75) is 42.4 Å². The molecule has 1 amide bonds. The first-order valence-electron chi connectivity index (χ1n) is 10.8. The Labute approximate surface area is 215 Å². The second-order valence-corrected chi connectivity index (χ2v) is 10.7. The molecule has 0 aliphatic heterocycles. The summed E-state index contributed by atoms with van der Waals surface area (Å²) in [7, 11) is -3.71. The maximum absolute atomic E-state index is 14.7. The van der Waals surface area contributed by atoms with Crippen molar-refractivity contribution in [2.24, 2.45) is 0 Å². The van der Waals surface area contributed by atoms with Gasteiger partial charge in [0, 0.05) is 18.0 Å². The summed E-state index contributed by atoms with van der Waals surface area (Å²) >= 11 is 0. The molecule has 1 N–H and O–H groups in total. The van der Waals surface area contributed by atoms with Gasteiger partial charge in [-0.15, -0.1) is 15.3 Å². The predicted molar refractivity (Wildman–Crippen MR) is 118 cm³/mol. The Balaban J connectivity index is 1.73. The number of carbonyl (C=O) groups is 1. The summed E-state index contributed by atoms with van der Waals surface area (Å²) in [6.45, 7) is 0.859. The minimum Gasteiger partial charge on any atom is -0.414 e. The number of anilines is 1. The summed E-state index contributed by atoms with van der Waals surface area (Å²) in [6, 6.07) is 5.21. The molecule has 2 aromatic heterocycles. The maximum atomic E-state index is 14.7. The lowest BCUT2D eigenvalue weighted by Crippen LogP contribution is -2.30. The van der Waals surface area contributed by atoms with Crippen LogP contribution in [0.3, 0.4) is 0 Å². The molecule has 0 bridgehead atoms. The van der Waals surface area contributed by atoms with Crippen LogP contribution in [0.25, 0.3) is 0 Å². The third-order valence-electron chi connectivity index (χ3n) is 5.89. The van der Waals surface area contributed by atoms with Crippen LogP contribution in [-0.4, -0.2) is 47.2 Å². The minimum atomic E-state index is -5.07. The van der Waals surface area contributed by atoms with Crippen molar-refractivity contribution in [3.05, 3.63) is 58.7 Å². The molecule has 0 spiro atoms. The Morgan fingerprint density at radius 3 is 2.18 bits per heavy atom. The van der Waals surface area contributed by atoms with E-state index in [9.17, 15) is 43.9 Å². The van der Waals surface area contributed by atoms with E-state index >= 15 is 0 Å². The molecule has 0 radical (unpaired) electrons. The van der Waals surface area contributed by atoms with Gasteiger partial charge in [0.1, 0.15) is 11.0 Å². The van der Waals surface area contributed by atoms with Crippen LogP contribution in [0.2, 0.25) is 0 Å². The molecule has 1 fully saturated rings. The number of nitrogens with zero attached hydrogens (tertiary/aromatic N) is 4. The van der Waals surface area contributed by atoms with Gasteiger partial charge < -0.3 is 10.1 Å². The first kappa shape index (κ1) is 28.1. The molecule has 208 valence electrons. The number of rotatable bonds is 6. The Hall–Kier alpha value is -3.89. The van der Waals surface area contributed by atoms with Gasteiger partial charge in [0.15, 0.2) is 21.3 Å². The van der Waals surface area contributed by atoms with Crippen molar-refractivity contribution in [1.82, 2.24) is 20.4 Å². The van der Waals surface area contributed by atoms with Gasteiger partial charge in [0.05, 0.1) is 10.6 Å². The summed E-state index contributed by atoms with van der Waals surface area (Å²) < 4.78 is 124. The Morgan fingerprint density at radius 2 is 1.64 bits per heavy atom. The normalized spacial score (nSPS) is 15.1. The highest BCUT2D eigenvalue weighted by Crippen LogP contribution is 2.58. The number of halogens is 7. The van der Waals surface area contributed by atoms with Gasteiger partial charge in [-0.1, -0.05) is 6.07 Å². The molecule has 0 unspecified atom stereocenters. The molecular weight excluding hydrogens is 563 g/mol. The maximum Gasteiger partial charge on any atom is 0.435 e. The fourth-order valence-corrected chi connectivity index (χ4v) is 4.33. The van der Waals surface area contributed by atoms with E-state index in [2.05, 4.69) is 25.7 Å². The van der Waals surface area contributed by atoms with Crippen molar-refractivity contribution in [3.8, 4) is 11.8 Å². The summed E-state index contributed by atoms with van der Waals surface area (Å²) in [5.74, 6) is -4.75. The summed E-state index contributed by atoms with van der Waals surface area (Å²) in [6.07, 6.45) is -9.55. The number of amides is 1. The predicted octanol–water partition coefficient (Wildman–Crippen LogP) is 4.77. The zero-order chi connectivity index (χ0) is 29.0. The largest absolute Gasteiger partial charge is 0.435 e. The smallest absolute Gasteiger partial charge is 0.414 e. The zero-order valence-electron chi connectivity index (χ0n) is 19.8. The van der Waals surface area contributed by atoms with E-state index in [1.165, 1.54) is 18.2 Å². The molecule has 1 saturated carbocycles. The molecule has 0 atom stereocenters. The lowest BCUT2D eigenvalue weighted by Gasteiger charge is -2.18. The highest BCUT2D eigenvalue weighted by molar-refractivity contribution is 7.90. The third kappa shape index (κ3) is 5.48. The van der Waals surface area contributed by atoms with E-state index < -0.39 is 73.6 Å². The van der Waals surface area contributed by atoms with Crippen molar-refractivity contribution >= 4 is 21.4 Å². The molecule has 1 aromatic carbocycles. The number of alkyl halides is 6. The van der Waals surface area contributed by atoms with Gasteiger partial charge >= 0.3 is 12.4 Å². The van der Waals surface area contributed by atoms with Crippen LogP contribution in [-0.2, 0) is 21.4 Å². The molecule has 1 aliphatic carbocycles. The highest BCUT2D eigenvalue weighted by Gasteiger charge is 2.65. The fraction of sp³-hybridized carbons (Fsp3) is 0.318. The standard InChI is InChI=1S/C22H16F7N5O4S/c1-10-15(17(35)30-11-4-3-5-12(8-11)39(2,36)37)19(34-32-16(10)21(24,25)26)38-18-13(23)9-14(31-33-18)20(6-7-20)22(27,28)29/h3-5,8-9H,6-7H2,1-2H3,(H,30,35). The van der Waals surface area contributed by atoms with Crippen LogP contribution in [0.1, 0.15) is 40.2 Å². The second-order valence-electron chi connectivity index (χ2n) is 8.67. The van der Waals surface area contributed by atoms with Crippen LogP contribution in [0, 0.1) is 12.7 Å². The van der Waals surface area contributed by atoms with Crippen LogP contribution >= 0.6 is 0 Å². The Kier molecular flexibility index (Phi) is 6.77. The summed E-state index contributed by atoms with van der Waals surface area (Å²) in [5.41, 5.74) is -6.44. The SMILES string of the molecule is Cc1c(C(F)(F)F)nnc(Oc2nnc(C3(C(F)(F)F)CC3)cc2F)c1C(=O)Nc1cccc(S(C)(=O)=O)c1. The average molecular weight is 579 g/mol. The van der Waals surface area contributed by atoms with Crippen LogP contribution < -0.4 is 10.1 Å². The van der Waals surface area contributed by atoms with Gasteiger partial charge in [-0.25, -0.2) is 12.8 Å². The Morgan fingerprint density at radius 1 is 1.00 bits per heavy atom. The molecular formula is C22H16F7N5O4S. The van der Waals surface area contributed by atoms with Crippen molar-refractivity contribution in [1.29, 1.82) is 0 Å². The average Bonchev–Trinajstić information content (AvgIpc) is 3.61. The first-order chi connectivity index (χ1) is 17.9. The first-order valence-corrected chi connectivity index (χ1v) is 12.7. The molecule has 4 rings (SSSR count). The summed E-state index contributed by atoms with van der Waals surface area (Å²) in [5, 5.41) is 15.1. The van der Waals surface area contributed by atoms with Crippen molar-refractivity contribution in [2.75, 3.05) is 11.6 Å². The number of hydrogen-bond acceptors (Lipinski definition) is 8. The number of ether oxygens (including phenoxy) is 1. The molecule has 9 nitrogen and oxygen atoms in total. The molecule has 3 aromatic rings. The van der Waals surface area contributed by atoms with Gasteiger partial charge in [-0.05, 0) is 43.5 Å². The van der Waals surface area contributed by atoms with E-state index in [1.54, 1.807) is 0 Å². The van der Waals surface area contributed by atoms with Gasteiger partial charge in [0.2, 0.25) is 0 Å². The third-order valence-corrected chi connectivity index (χ3v) is 7.00. The summed E-state index contributed by atoms with van der Waals surface area (Å²) in [4.78, 5) is 12.8. The minimum absolute atomic E-state index is 0.129. The monoisotopic (exact) mass is 579 g/mol. The molecule has 1 aliphatic rings. The number of hydrogen-bond donors (Lipinski definition) is 1. The number of aromatic nitrogens is 4. The number of sulfone groups is 1. The van der Waals surface area contributed by atoms with E-state index in [0.717, 1.165) is 19.2 Å². The lowest BCUT2D eigenvalue weighted by atomic mass is 10.0. The number of carbonyl (C=O) groups excluding carboxylic acids is 1. The molecule has 0 saturated heterocycles. The van der Waals surface area contributed by atoms with E-state index in [0.29, 0.717) is 6.07 Å². The number of nitrogens with one attached hydrogen (secondary N) is 1. The fourth-order valence-electron chi connectivity index (χ4n) is 3.67. The second kappa shape index (κ2) is 9.39. The van der Waals surface area contributed by atoms with E-state index in [4.69, 9.17) is 4.74 Å². The van der Waals surface area contributed by atoms with Crippen LogP contribution in [0.15, 0.2) is 35.2 Å². The van der Waals surface area contributed by atoms with Gasteiger partial charge in [-0.3, -0.25) is 4.79 Å². The lowest BCUT2D eigenvalue weighted by molar-refractivity contribution is -0.161. The zero-order valence-corrected chi connectivity index (χ0v) is 20.6. The van der Waals surface area contributed by atoms with Crippen molar-refractivity contribution in [3.63, 3.8) is 0 Å².